The van der Waals surface area contributed by atoms with Crippen LogP contribution in [0.2, 0.25) is 0 Å². The molecule has 2 aliphatic rings. The van der Waals surface area contributed by atoms with E-state index in [-0.39, 0.29) is 54.1 Å². The Morgan fingerprint density at radius 3 is 2.71 bits per heavy atom. The van der Waals surface area contributed by atoms with E-state index in [1.165, 1.54) is 0 Å². The van der Waals surface area contributed by atoms with Crippen molar-refractivity contribution in [2.45, 2.75) is 116 Å². The van der Waals surface area contributed by atoms with Crippen LogP contribution in [0.4, 0.5) is 0 Å². The zero-order valence-electron chi connectivity index (χ0n) is 22.8. The zero-order chi connectivity index (χ0) is 26.2. The number of epoxide rings is 1. The number of rotatable bonds is 9. The molecule has 2 heterocycles. The summed E-state index contributed by atoms with van der Waals surface area (Å²) in [5, 5.41) is 20.1. The summed E-state index contributed by atoms with van der Waals surface area (Å²) < 4.78 is 17.4. The first kappa shape index (κ1) is 29.8. The molecule has 2 N–H and O–H groups in total. The number of hydrogen-bond acceptors (Lipinski definition) is 6. The van der Waals surface area contributed by atoms with Crippen LogP contribution in [0.15, 0.2) is 36.0 Å². The lowest BCUT2D eigenvalue weighted by molar-refractivity contribution is -0.201. The van der Waals surface area contributed by atoms with E-state index in [2.05, 4.69) is 39.0 Å². The molecular weight excluding hydrogens is 444 g/mol. The fourth-order valence-electron chi connectivity index (χ4n) is 4.81. The van der Waals surface area contributed by atoms with Crippen molar-refractivity contribution in [3.63, 3.8) is 0 Å². The molecule has 7 unspecified atom stereocenters. The van der Waals surface area contributed by atoms with Crippen LogP contribution in [0.5, 0.6) is 0 Å². The Balaban J connectivity index is 1.99. The Hall–Kier alpha value is -1.47. The smallest absolute Gasteiger partial charge is 0.306 e. The van der Waals surface area contributed by atoms with Crippen LogP contribution >= 0.6 is 0 Å². The number of hydrogen-bond donors (Lipinski definition) is 2. The molecule has 0 aliphatic carbocycles. The van der Waals surface area contributed by atoms with Crippen LogP contribution in [-0.4, -0.2) is 53.0 Å². The summed E-state index contributed by atoms with van der Waals surface area (Å²) in [6, 6.07) is 0. The van der Waals surface area contributed by atoms with Crippen LogP contribution in [0.3, 0.4) is 0 Å². The minimum absolute atomic E-state index is 0.0511. The fraction of sp³-hybridized carbons (Fsp3) is 0.759. The molecule has 6 nitrogen and oxygen atoms in total. The monoisotopic (exact) mass is 492 g/mol. The van der Waals surface area contributed by atoms with Gasteiger partial charge in [0.1, 0.15) is 6.10 Å². The number of carbonyl (C=O) groups excluding carboxylic acids is 1. The summed E-state index contributed by atoms with van der Waals surface area (Å²) >= 11 is 0. The highest BCUT2D eigenvalue weighted by Crippen LogP contribution is 2.39. The molecule has 2 aliphatic heterocycles. The second kappa shape index (κ2) is 13.2. The maximum atomic E-state index is 12.5. The van der Waals surface area contributed by atoms with E-state index >= 15 is 0 Å². The number of aliphatic hydroxyl groups is 2. The van der Waals surface area contributed by atoms with Crippen molar-refractivity contribution < 1.29 is 29.2 Å². The van der Waals surface area contributed by atoms with Gasteiger partial charge in [-0.25, -0.2) is 0 Å². The van der Waals surface area contributed by atoms with Gasteiger partial charge in [-0.05, 0) is 57.4 Å². The summed E-state index contributed by atoms with van der Waals surface area (Å²) in [5.74, 6) is -1.82. The summed E-state index contributed by atoms with van der Waals surface area (Å²) in [6.45, 7) is 11.9. The van der Waals surface area contributed by atoms with Gasteiger partial charge in [-0.15, -0.1) is 0 Å². The van der Waals surface area contributed by atoms with E-state index in [4.69, 9.17) is 14.2 Å². The minimum Gasteiger partial charge on any atom is -0.457 e. The highest BCUT2D eigenvalue weighted by atomic mass is 16.6. The Bertz CT molecular complexity index is 769. The van der Waals surface area contributed by atoms with Crippen molar-refractivity contribution in [3.8, 4) is 0 Å². The number of esters is 1. The van der Waals surface area contributed by atoms with Crippen molar-refractivity contribution >= 4 is 5.97 Å². The summed E-state index contributed by atoms with van der Waals surface area (Å²) in [7, 11) is 1.76. The molecule has 0 bridgehead atoms. The van der Waals surface area contributed by atoms with Gasteiger partial charge in [-0.2, -0.15) is 0 Å². The molecule has 0 aromatic rings. The topological polar surface area (TPSA) is 88.5 Å². The van der Waals surface area contributed by atoms with E-state index in [0.29, 0.717) is 6.42 Å². The third-order valence-corrected chi connectivity index (χ3v) is 7.77. The molecule has 1 fully saturated rings. The molecule has 0 spiro atoms. The maximum Gasteiger partial charge on any atom is 0.306 e. The normalized spacial score (nSPS) is 34.0. The van der Waals surface area contributed by atoms with Gasteiger partial charge in [0.05, 0.1) is 17.8 Å². The first-order valence-corrected chi connectivity index (χ1v) is 13.3. The van der Waals surface area contributed by atoms with Gasteiger partial charge in [-0.3, -0.25) is 4.79 Å². The lowest BCUT2D eigenvalue weighted by atomic mass is 9.90. The lowest BCUT2D eigenvalue weighted by Gasteiger charge is -2.28. The Labute approximate surface area is 212 Å². The van der Waals surface area contributed by atoms with Gasteiger partial charge in [0.2, 0.25) is 0 Å². The molecule has 0 aromatic carbocycles. The standard InChI is InChI=1S/C29H48O6/c1-8-29(31,32)23(5)27-24(34-27)19-20(2)13-11-14-21(3)26-22(4)15-12-18-28(6,33-7)17-10-9-16-25(30)35-26/h11-15,20,22-24,26-27,31-32H,8-10,16-19H2,1-7H3/b13-11+,15-12+,21-14+. The van der Waals surface area contributed by atoms with E-state index in [1.807, 2.05) is 26.0 Å². The van der Waals surface area contributed by atoms with E-state index < -0.39 is 5.79 Å². The Morgan fingerprint density at radius 1 is 1.34 bits per heavy atom. The largest absolute Gasteiger partial charge is 0.457 e. The van der Waals surface area contributed by atoms with Crippen LogP contribution in [0, 0.1) is 17.8 Å². The molecule has 7 atom stereocenters. The van der Waals surface area contributed by atoms with Crippen LogP contribution in [-0.2, 0) is 19.0 Å². The zero-order valence-corrected chi connectivity index (χ0v) is 22.8. The molecule has 0 saturated carbocycles. The maximum absolute atomic E-state index is 12.5. The third-order valence-electron chi connectivity index (χ3n) is 7.77. The second-order valence-electron chi connectivity index (χ2n) is 10.9. The molecule has 6 heteroatoms. The second-order valence-corrected chi connectivity index (χ2v) is 10.9. The van der Waals surface area contributed by atoms with Gasteiger partial charge in [0, 0.05) is 25.4 Å². The van der Waals surface area contributed by atoms with Gasteiger partial charge >= 0.3 is 5.97 Å². The summed E-state index contributed by atoms with van der Waals surface area (Å²) in [6.07, 6.45) is 15.1. The Kier molecular flexibility index (Phi) is 11.2. The molecular formula is C29H48O6. The SMILES string of the molecule is CCC(O)(O)C(C)C1OC1CC(C)/C=C/C=C(\C)C1OC(=O)CCCCC(C)(OC)C/C=C/C1C. The van der Waals surface area contributed by atoms with Crippen molar-refractivity contribution in [3.05, 3.63) is 36.0 Å². The average molecular weight is 493 g/mol. The van der Waals surface area contributed by atoms with Crippen LogP contribution in [0.1, 0.15) is 86.5 Å². The first-order valence-electron chi connectivity index (χ1n) is 13.3. The number of ether oxygens (including phenoxy) is 3. The number of allylic oxidation sites excluding steroid dienone is 3. The molecule has 0 aromatic heterocycles. The fourth-order valence-corrected chi connectivity index (χ4v) is 4.81. The molecule has 0 amide bonds. The lowest BCUT2D eigenvalue weighted by Crippen LogP contribution is -2.38. The van der Waals surface area contributed by atoms with Crippen molar-refractivity contribution in [2.75, 3.05) is 7.11 Å². The third kappa shape index (κ3) is 9.16. The van der Waals surface area contributed by atoms with Gasteiger partial charge in [0.25, 0.3) is 0 Å². The molecule has 35 heavy (non-hydrogen) atoms. The van der Waals surface area contributed by atoms with Crippen molar-refractivity contribution in [1.82, 2.24) is 0 Å². The van der Waals surface area contributed by atoms with Crippen molar-refractivity contribution in [1.29, 1.82) is 0 Å². The summed E-state index contributed by atoms with van der Waals surface area (Å²) in [5.41, 5.74) is 0.806. The van der Waals surface area contributed by atoms with Crippen LogP contribution < -0.4 is 0 Å². The quantitative estimate of drug-likeness (QED) is 0.146. The minimum atomic E-state index is -1.68. The van der Waals surface area contributed by atoms with Crippen molar-refractivity contribution in [2.24, 2.45) is 17.8 Å². The van der Waals surface area contributed by atoms with Crippen LogP contribution in [0.25, 0.3) is 0 Å². The van der Waals surface area contributed by atoms with E-state index in [9.17, 15) is 15.0 Å². The predicted octanol–water partition coefficient (Wildman–Crippen LogP) is 5.48. The molecule has 0 radical (unpaired) electrons. The average Bonchev–Trinajstić information content (AvgIpc) is 3.57. The Morgan fingerprint density at radius 2 is 2.06 bits per heavy atom. The highest BCUT2D eigenvalue weighted by molar-refractivity contribution is 5.69. The number of methoxy groups -OCH3 is 1. The predicted molar refractivity (Wildman–Crippen MR) is 139 cm³/mol. The summed E-state index contributed by atoms with van der Waals surface area (Å²) in [4.78, 5) is 12.5. The number of carbonyl (C=O) groups is 1. The molecule has 1 saturated heterocycles. The van der Waals surface area contributed by atoms with E-state index in [0.717, 1.165) is 37.7 Å². The van der Waals surface area contributed by atoms with Gasteiger partial charge in [0.15, 0.2) is 5.79 Å². The first-order chi connectivity index (χ1) is 16.4. The molecule has 200 valence electrons. The van der Waals surface area contributed by atoms with Gasteiger partial charge in [-0.1, -0.05) is 64.5 Å². The van der Waals surface area contributed by atoms with Gasteiger partial charge < -0.3 is 24.4 Å². The molecule has 2 rings (SSSR count). The number of cyclic esters (lactones) is 1. The van der Waals surface area contributed by atoms with E-state index in [1.54, 1.807) is 14.0 Å². The highest BCUT2D eigenvalue weighted by Gasteiger charge is 2.49.